The number of amidine groups is 1. The lowest BCUT2D eigenvalue weighted by Crippen LogP contribution is -2.19. The average Bonchev–Trinajstić information content (AvgIpc) is 2.78. The topological polar surface area (TPSA) is 81.9 Å². The van der Waals surface area contributed by atoms with Crippen LogP contribution >= 0.6 is 11.8 Å². The van der Waals surface area contributed by atoms with Gasteiger partial charge in [-0.3, -0.25) is 10.1 Å². The van der Waals surface area contributed by atoms with Gasteiger partial charge in [0.25, 0.3) is 5.91 Å². The molecule has 0 radical (unpaired) electrons. The molecule has 2 rings (SSSR count). The minimum absolute atomic E-state index is 0.164. The fourth-order valence-corrected chi connectivity index (χ4v) is 3.24. The molecule has 3 N–H and O–H groups in total. The Morgan fingerprint density at radius 2 is 1.58 bits per heavy atom. The third-order valence-corrected chi connectivity index (χ3v) is 4.69. The van der Waals surface area contributed by atoms with Crippen molar-refractivity contribution in [3.05, 3.63) is 33.7 Å². The van der Waals surface area contributed by atoms with E-state index >= 15 is 0 Å². The molecule has 1 aliphatic rings. The molecular formula is C18H24N2O3S. The molecule has 1 aliphatic heterocycles. The van der Waals surface area contributed by atoms with Gasteiger partial charge in [-0.2, -0.15) is 0 Å². The van der Waals surface area contributed by atoms with Crippen LogP contribution in [0, 0.1) is 0 Å². The quantitative estimate of drug-likeness (QED) is 0.408. The van der Waals surface area contributed by atoms with Gasteiger partial charge in [-0.25, -0.2) is 0 Å². The van der Waals surface area contributed by atoms with Crippen molar-refractivity contribution in [3.63, 3.8) is 0 Å². The zero-order valence-corrected chi connectivity index (χ0v) is 15.7. The fraction of sp³-hybridized carbons (Fsp3) is 0.444. The minimum atomic E-state index is -0.296. The molecule has 1 heterocycles. The fourth-order valence-electron chi connectivity index (χ4n) is 2.51. The van der Waals surface area contributed by atoms with Gasteiger partial charge >= 0.3 is 0 Å². The van der Waals surface area contributed by atoms with Crippen molar-refractivity contribution in [2.75, 3.05) is 0 Å². The number of phenolic OH excluding ortho intramolecular Hbond substituents is 1. The summed E-state index contributed by atoms with van der Waals surface area (Å²) in [5.41, 5.74) is 2.03. The molecule has 0 atom stereocenters. The first-order valence-electron chi connectivity index (χ1n) is 7.74. The van der Waals surface area contributed by atoms with Crippen LogP contribution in [0.4, 0.5) is 0 Å². The Balaban J connectivity index is 2.62. The first-order valence-corrected chi connectivity index (χ1v) is 8.56. The molecular weight excluding hydrogens is 324 g/mol. The lowest BCUT2D eigenvalue weighted by molar-refractivity contribution is -0.115. The number of carbonyl (C=O) groups is 1. The molecule has 0 bridgehead atoms. The zero-order chi connectivity index (χ0) is 18.3. The summed E-state index contributed by atoms with van der Waals surface area (Å²) < 4.78 is 0. The maximum Gasteiger partial charge on any atom is 0.264 e. The number of thioether (sulfide) groups is 1. The number of nitrogens with one attached hydrogen (secondary N) is 1. The lowest BCUT2D eigenvalue weighted by atomic mass is 9.78. The maximum absolute atomic E-state index is 11.9. The van der Waals surface area contributed by atoms with E-state index in [4.69, 9.17) is 5.21 Å². The Bertz CT molecular complexity index is 703. The smallest absolute Gasteiger partial charge is 0.264 e. The van der Waals surface area contributed by atoms with Crippen molar-refractivity contribution >= 4 is 28.9 Å². The number of hydrogen-bond donors (Lipinski definition) is 3. The lowest BCUT2D eigenvalue weighted by Gasteiger charge is -2.28. The predicted molar refractivity (Wildman–Crippen MR) is 98.4 cm³/mol. The van der Waals surface area contributed by atoms with Crippen molar-refractivity contribution < 1.29 is 15.1 Å². The summed E-state index contributed by atoms with van der Waals surface area (Å²) in [5, 5.41) is 25.2. The molecule has 0 saturated carbocycles. The van der Waals surface area contributed by atoms with Gasteiger partial charge in [-0.15, -0.1) is 0 Å². The van der Waals surface area contributed by atoms with Gasteiger partial charge in [0.05, 0.1) is 4.91 Å². The van der Waals surface area contributed by atoms with Gasteiger partial charge in [0.15, 0.2) is 0 Å². The third kappa shape index (κ3) is 3.75. The molecule has 130 valence electrons. The summed E-state index contributed by atoms with van der Waals surface area (Å²) in [6, 6.07) is 3.80. The number of hydrogen-bond acceptors (Lipinski definition) is 5. The highest BCUT2D eigenvalue weighted by molar-refractivity contribution is 8.18. The second kappa shape index (κ2) is 6.16. The van der Waals surface area contributed by atoms with Crippen LogP contribution in [0.1, 0.15) is 58.2 Å². The molecule has 1 amide bonds. The number of aromatic hydroxyl groups is 1. The van der Waals surface area contributed by atoms with Gasteiger partial charge < -0.3 is 10.3 Å². The minimum Gasteiger partial charge on any atom is -0.507 e. The molecule has 0 aliphatic carbocycles. The largest absolute Gasteiger partial charge is 0.507 e. The van der Waals surface area contributed by atoms with E-state index in [0.29, 0.717) is 10.7 Å². The molecule has 1 saturated heterocycles. The van der Waals surface area contributed by atoms with E-state index in [9.17, 15) is 9.90 Å². The summed E-state index contributed by atoms with van der Waals surface area (Å²) in [6.07, 6.45) is 1.75. The molecule has 1 aromatic rings. The van der Waals surface area contributed by atoms with Crippen LogP contribution in [0.3, 0.4) is 0 Å². The van der Waals surface area contributed by atoms with E-state index in [0.717, 1.165) is 28.5 Å². The van der Waals surface area contributed by atoms with Crippen molar-refractivity contribution in [2.24, 2.45) is 5.16 Å². The Morgan fingerprint density at radius 3 is 1.96 bits per heavy atom. The van der Waals surface area contributed by atoms with Crippen molar-refractivity contribution in [1.82, 2.24) is 5.32 Å². The molecule has 1 fully saturated rings. The summed E-state index contributed by atoms with van der Waals surface area (Å²) >= 11 is 1.08. The number of phenols is 1. The van der Waals surface area contributed by atoms with Crippen LogP contribution in [0.5, 0.6) is 5.75 Å². The van der Waals surface area contributed by atoms with Gasteiger partial charge in [-0.1, -0.05) is 46.7 Å². The van der Waals surface area contributed by atoms with E-state index in [-0.39, 0.29) is 21.9 Å². The summed E-state index contributed by atoms with van der Waals surface area (Å²) in [6.45, 7) is 12.2. The number of nitrogens with zero attached hydrogens (tertiary/aromatic N) is 1. The maximum atomic E-state index is 11.9. The van der Waals surface area contributed by atoms with Gasteiger partial charge in [0, 0.05) is 11.1 Å². The predicted octanol–water partition coefficient (Wildman–Crippen LogP) is 3.94. The van der Waals surface area contributed by atoms with Crippen molar-refractivity contribution in [1.29, 1.82) is 0 Å². The molecule has 5 nitrogen and oxygen atoms in total. The van der Waals surface area contributed by atoms with Crippen molar-refractivity contribution in [3.8, 4) is 5.75 Å². The van der Waals surface area contributed by atoms with E-state index in [1.165, 1.54) is 0 Å². The van der Waals surface area contributed by atoms with Gasteiger partial charge in [-0.05, 0) is 46.4 Å². The highest BCUT2D eigenvalue weighted by atomic mass is 32.2. The Kier molecular flexibility index (Phi) is 4.72. The highest BCUT2D eigenvalue weighted by Gasteiger charge is 2.28. The summed E-state index contributed by atoms with van der Waals surface area (Å²) in [4.78, 5) is 12.4. The number of benzene rings is 1. The molecule has 24 heavy (non-hydrogen) atoms. The molecule has 1 aromatic carbocycles. The number of amides is 1. The average molecular weight is 348 g/mol. The van der Waals surface area contributed by atoms with Crippen LogP contribution in [-0.4, -0.2) is 21.4 Å². The Hall–Kier alpha value is -1.95. The highest BCUT2D eigenvalue weighted by Crippen LogP contribution is 2.40. The number of oxime groups is 1. The number of carbonyl (C=O) groups excluding carboxylic acids is 1. The first kappa shape index (κ1) is 18.4. The van der Waals surface area contributed by atoms with Crippen LogP contribution in [-0.2, 0) is 15.6 Å². The van der Waals surface area contributed by atoms with E-state index in [1.54, 1.807) is 6.08 Å². The Morgan fingerprint density at radius 1 is 1.08 bits per heavy atom. The normalized spacial score (nSPS) is 19.2. The summed E-state index contributed by atoms with van der Waals surface area (Å²) in [5.74, 6) is 0.00813. The molecule has 0 unspecified atom stereocenters. The van der Waals surface area contributed by atoms with E-state index in [1.807, 2.05) is 53.7 Å². The monoisotopic (exact) mass is 348 g/mol. The second-order valence-corrected chi connectivity index (χ2v) is 8.97. The van der Waals surface area contributed by atoms with Crippen LogP contribution in [0.2, 0.25) is 0 Å². The summed E-state index contributed by atoms with van der Waals surface area (Å²) in [7, 11) is 0. The first-order chi connectivity index (χ1) is 10.9. The Labute approximate surface area is 146 Å². The van der Waals surface area contributed by atoms with Gasteiger partial charge in [0.1, 0.15) is 5.75 Å². The van der Waals surface area contributed by atoms with E-state index < -0.39 is 0 Å². The molecule has 0 spiro atoms. The van der Waals surface area contributed by atoms with Crippen LogP contribution in [0.25, 0.3) is 6.08 Å². The molecule has 6 heteroatoms. The van der Waals surface area contributed by atoms with Crippen LogP contribution < -0.4 is 5.32 Å². The molecule has 0 aromatic heterocycles. The van der Waals surface area contributed by atoms with E-state index in [2.05, 4.69) is 10.5 Å². The van der Waals surface area contributed by atoms with Gasteiger partial charge in [0.2, 0.25) is 5.17 Å². The second-order valence-electron chi connectivity index (χ2n) is 7.93. The van der Waals surface area contributed by atoms with Crippen LogP contribution in [0.15, 0.2) is 22.2 Å². The van der Waals surface area contributed by atoms with Crippen molar-refractivity contribution in [2.45, 2.75) is 52.4 Å². The third-order valence-electron chi connectivity index (χ3n) is 3.79. The number of rotatable bonds is 1. The SMILES string of the molecule is CC(C)(C)c1cc(/C=C2/S/C(=N\O)NC2=O)cc(C(C)(C)C)c1O. The zero-order valence-electron chi connectivity index (χ0n) is 14.9. The standard InChI is InChI=1S/C18H24N2O3S/c1-17(2,3)11-7-10(8-12(14(11)21)18(4,5)6)9-13-15(22)19-16(20-23)24-13/h7-9,21,23H,1-6H3,(H,19,20,22)/b13-9+.